The van der Waals surface area contributed by atoms with Gasteiger partial charge in [-0.2, -0.15) is 5.26 Å². The molecule has 1 atom stereocenters. The molecule has 0 aliphatic rings. The number of nitrogens with one attached hydrogen (secondary N) is 1. The number of hydrogen-bond acceptors (Lipinski definition) is 4. The number of hydrogen-bond donors (Lipinski definition) is 1. The Balaban J connectivity index is 2.17. The van der Waals surface area contributed by atoms with Gasteiger partial charge in [0, 0.05) is 16.6 Å². The number of anilines is 1. The molecule has 3 nitrogen and oxygen atoms in total. The number of nitrogens with zero attached hydrogens (tertiary/aromatic N) is 1. The van der Waals surface area contributed by atoms with Crippen molar-refractivity contribution in [3.05, 3.63) is 54.1 Å². The van der Waals surface area contributed by atoms with Crippen LogP contribution in [0.3, 0.4) is 0 Å². The van der Waals surface area contributed by atoms with E-state index in [4.69, 9.17) is 4.74 Å². The van der Waals surface area contributed by atoms with E-state index in [2.05, 4.69) is 11.4 Å². The van der Waals surface area contributed by atoms with Crippen LogP contribution < -0.4 is 10.1 Å². The molecule has 0 radical (unpaired) electrons. The SMILES string of the molecule is COc1cccc(NC(C#N)c2ccc(SC)cc2)c1. The van der Waals surface area contributed by atoms with Crippen LogP contribution >= 0.6 is 11.8 Å². The molecule has 0 saturated carbocycles. The van der Waals surface area contributed by atoms with Crippen molar-refractivity contribution in [2.24, 2.45) is 0 Å². The number of methoxy groups -OCH3 is 1. The van der Waals surface area contributed by atoms with Crippen molar-refractivity contribution in [3.8, 4) is 11.8 Å². The quantitative estimate of drug-likeness (QED) is 0.840. The van der Waals surface area contributed by atoms with E-state index in [0.29, 0.717) is 0 Å². The summed E-state index contributed by atoms with van der Waals surface area (Å²) in [5, 5.41) is 12.6. The maximum absolute atomic E-state index is 9.34. The van der Waals surface area contributed by atoms with E-state index >= 15 is 0 Å². The number of rotatable bonds is 5. The minimum Gasteiger partial charge on any atom is -0.497 e. The average Bonchev–Trinajstić information content (AvgIpc) is 2.53. The third-order valence-corrected chi connectivity index (χ3v) is 3.70. The Hall–Kier alpha value is -2.12. The fraction of sp³-hybridized carbons (Fsp3) is 0.188. The summed E-state index contributed by atoms with van der Waals surface area (Å²) in [6, 6.07) is 17.5. The highest BCUT2D eigenvalue weighted by atomic mass is 32.2. The molecule has 0 amide bonds. The Labute approximate surface area is 123 Å². The van der Waals surface area contributed by atoms with E-state index in [1.807, 2.05) is 54.8 Å². The van der Waals surface area contributed by atoms with Gasteiger partial charge >= 0.3 is 0 Å². The average molecular weight is 284 g/mol. The molecule has 2 aromatic carbocycles. The molecule has 1 unspecified atom stereocenters. The van der Waals surface area contributed by atoms with Gasteiger partial charge in [-0.15, -0.1) is 11.8 Å². The van der Waals surface area contributed by atoms with E-state index in [1.54, 1.807) is 18.9 Å². The van der Waals surface area contributed by atoms with Crippen LogP contribution in [-0.4, -0.2) is 13.4 Å². The zero-order valence-corrected chi connectivity index (χ0v) is 12.3. The first kappa shape index (κ1) is 14.3. The van der Waals surface area contributed by atoms with Gasteiger partial charge in [-0.25, -0.2) is 0 Å². The minimum atomic E-state index is -0.377. The summed E-state index contributed by atoms with van der Waals surface area (Å²) >= 11 is 1.69. The van der Waals surface area contributed by atoms with Crippen molar-refractivity contribution in [1.82, 2.24) is 0 Å². The minimum absolute atomic E-state index is 0.377. The molecule has 102 valence electrons. The van der Waals surface area contributed by atoms with Gasteiger partial charge in [0.25, 0.3) is 0 Å². The number of nitriles is 1. The van der Waals surface area contributed by atoms with Gasteiger partial charge in [-0.05, 0) is 36.1 Å². The predicted octanol–water partition coefficient (Wildman–Crippen LogP) is 4.09. The summed E-state index contributed by atoms with van der Waals surface area (Å²) in [6.07, 6.45) is 2.03. The maximum atomic E-state index is 9.34. The molecule has 0 aliphatic carbocycles. The van der Waals surface area contributed by atoms with Crippen LogP contribution in [0, 0.1) is 11.3 Å². The molecule has 0 heterocycles. The maximum Gasteiger partial charge on any atom is 0.140 e. The summed E-state index contributed by atoms with van der Waals surface area (Å²) in [7, 11) is 1.63. The fourth-order valence-electron chi connectivity index (χ4n) is 1.87. The lowest BCUT2D eigenvalue weighted by molar-refractivity contribution is 0.415. The molecule has 0 aromatic heterocycles. The largest absolute Gasteiger partial charge is 0.497 e. The Morgan fingerprint density at radius 1 is 1.20 bits per heavy atom. The summed E-state index contributed by atoms with van der Waals surface area (Å²) in [5.74, 6) is 0.768. The molecule has 1 N–H and O–H groups in total. The molecule has 0 fully saturated rings. The van der Waals surface area contributed by atoms with E-state index in [0.717, 1.165) is 17.0 Å². The molecule has 0 bridgehead atoms. The van der Waals surface area contributed by atoms with E-state index in [9.17, 15) is 5.26 Å². The van der Waals surface area contributed by atoms with E-state index in [-0.39, 0.29) is 6.04 Å². The van der Waals surface area contributed by atoms with E-state index < -0.39 is 0 Å². The van der Waals surface area contributed by atoms with E-state index in [1.165, 1.54) is 4.90 Å². The Kier molecular flexibility index (Phi) is 4.91. The highest BCUT2D eigenvalue weighted by Gasteiger charge is 2.10. The predicted molar refractivity (Wildman–Crippen MR) is 83.2 cm³/mol. The van der Waals surface area contributed by atoms with Crippen molar-refractivity contribution in [1.29, 1.82) is 5.26 Å². The fourth-order valence-corrected chi connectivity index (χ4v) is 2.27. The summed E-state index contributed by atoms with van der Waals surface area (Å²) in [4.78, 5) is 1.19. The van der Waals surface area contributed by atoms with Gasteiger partial charge in [-0.1, -0.05) is 18.2 Å². The van der Waals surface area contributed by atoms with Crippen LogP contribution in [-0.2, 0) is 0 Å². The summed E-state index contributed by atoms with van der Waals surface area (Å²) in [6.45, 7) is 0. The van der Waals surface area contributed by atoms with Crippen molar-refractivity contribution in [2.75, 3.05) is 18.7 Å². The zero-order valence-electron chi connectivity index (χ0n) is 11.5. The van der Waals surface area contributed by atoms with Crippen LogP contribution in [0.1, 0.15) is 11.6 Å². The summed E-state index contributed by atoms with van der Waals surface area (Å²) < 4.78 is 5.18. The molecule has 20 heavy (non-hydrogen) atoms. The second-order valence-electron chi connectivity index (χ2n) is 4.21. The smallest absolute Gasteiger partial charge is 0.140 e. The standard InChI is InChI=1S/C16H16N2OS/c1-19-14-5-3-4-13(10-14)18-16(11-17)12-6-8-15(20-2)9-7-12/h3-10,16,18H,1-2H3. The third-order valence-electron chi connectivity index (χ3n) is 2.96. The molecular weight excluding hydrogens is 268 g/mol. The normalized spacial score (nSPS) is 11.4. The van der Waals surface area contributed by atoms with Crippen LogP contribution in [0.4, 0.5) is 5.69 Å². The van der Waals surface area contributed by atoms with Crippen molar-refractivity contribution >= 4 is 17.4 Å². The second-order valence-corrected chi connectivity index (χ2v) is 5.09. The first-order valence-electron chi connectivity index (χ1n) is 6.21. The molecular formula is C16H16N2OS. The first-order valence-corrected chi connectivity index (χ1v) is 7.43. The van der Waals surface area contributed by atoms with Gasteiger partial charge in [0.05, 0.1) is 13.2 Å². The number of benzene rings is 2. The monoisotopic (exact) mass is 284 g/mol. The Morgan fingerprint density at radius 2 is 1.95 bits per heavy atom. The topological polar surface area (TPSA) is 45.0 Å². The second kappa shape index (κ2) is 6.88. The molecule has 0 spiro atoms. The van der Waals surface area contributed by atoms with Crippen molar-refractivity contribution in [3.63, 3.8) is 0 Å². The van der Waals surface area contributed by atoms with Crippen LogP contribution in [0.25, 0.3) is 0 Å². The van der Waals surface area contributed by atoms with Crippen LogP contribution in [0.2, 0.25) is 0 Å². The summed E-state index contributed by atoms with van der Waals surface area (Å²) in [5.41, 5.74) is 1.82. The lowest BCUT2D eigenvalue weighted by atomic mass is 10.1. The Morgan fingerprint density at radius 3 is 2.55 bits per heavy atom. The third kappa shape index (κ3) is 3.46. The Bertz CT molecular complexity index is 605. The highest BCUT2D eigenvalue weighted by Crippen LogP contribution is 2.24. The molecule has 4 heteroatoms. The van der Waals surface area contributed by atoms with Crippen molar-refractivity contribution in [2.45, 2.75) is 10.9 Å². The number of ether oxygens (including phenoxy) is 1. The van der Waals surface area contributed by atoms with Crippen LogP contribution in [0.15, 0.2) is 53.4 Å². The lowest BCUT2D eigenvalue weighted by Gasteiger charge is -2.14. The molecule has 2 aromatic rings. The van der Waals surface area contributed by atoms with Gasteiger partial charge in [0.1, 0.15) is 11.8 Å². The molecule has 0 saturated heterocycles. The van der Waals surface area contributed by atoms with Gasteiger partial charge in [0.15, 0.2) is 0 Å². The van der Waals surface area contributed by atoms with Crippen LogP contribution in [0.5, 0.6) is 5.75 Å². The van der Waals surface area contributed by atoms with Gasteiger partial charge in [0.2, 0.25) is 0 Å². The molecule has 2 rings (SSSR count). The number of thioether (sulfide) groups is 1. The lowest BCUT2D eigenvalue weighted by Crippen LogP contribution is -2.08. The molecule has 0 aliphatic heterocycles. The van der Waals surface area contributed by atoms with Gasteiger partial charge < -0.3 is 10.1 Å². The van der Waals surface area contributed by atoms with Gasteiger partial charge in [-0.3, -0.25) is 0 Å². The first-order chi connectivity index (χ1) is 9.76. The highest BCUT2D eigenvalue weighted by molar-refractivity contribution is 7.98. The van der Waals surface area contributed by atoms with Crippen molar-refractivity contribution < 1.29 is 4.74 Å². The zero-order chi connectivity index (χ0) is 14.4.